The standard InChI is InChI=1S/C16H16O2/c1-11-5-4-6-14(8-11)16(17)18-15-9-12(2)7-13(3)10-15/h4-10H,1-3H3. The van der Waals surface area contributed by atoms with E-state index in [9.17, 15) is 4.79 Å². The number of hydrogen-bond donors (Lipinski definition) is 0. The molecule has 2 heteroatoms. The van der Waals surface area contributed by atoms with Gasteiger partial charge in [-0.3, -0.25) is 0 Å². The number of aryl methyl sites for hydroxylation is 3. The van der Waals surface area contributed by atoms with E-state index in [2.05, 4.69) is 0 Å². The van der Waals surface area contributed by atoms with E-state index in [1.165, 1.54) is 0 Å². The van der Waals surface area contributed by atoms with Crippen LogP contribution in [0.25, 0.3) is 0 Å². The summed E-state index contributed by atoms with van der Waals surface area (Å²) in [7, 11) is 0. The first-order valence-electron chi connectivity index (χ1n) is 5.92. The minimum Gasteiger partial charge on any atom is -0.423 e. The summed E-state index contributed by atoms with van der Waals surface area (Å²) in [6.07, 6.45) is 0. The average Bonchev–Trinajstić information content (AvgIpc) is 2.27. The maximum atomic E-state index is 12.0. The van der Waals surface area contributed by atoms with Crippen molar-refractivity contribution < 1.29 is 9.53 Å². The molecule has 2 nitrogen and oxygen atoms in total. The third kappa shape index (κ3) is 2.98. The Morgan fingerprint density at radius 1 is 0.889 bits per heavy atom. The van der Waals surface area contributed by atoms with E-state index in [-0.39, 0.29) is 5.97 Å². The number of benzene rings is 2. The molecule has 0 aliphatic carbocycles. The van der Waals surface area contributed by atoms with Gasteiger partial charge in [0.2, 0.25) is 0 Å². The SMILES string of the molecule is Cc1cc(C)cc(OC(=O)c2cccc(C)c2)c1. The van der Waals surface area contributed by atoms with Crippen LogP contribution in [0.15, 0.2) is 42.5 Å². The fourth-order valence-electron chi connectivity index (χ4n) is 1.93. The van der Waals surface area contributed by atoms with Gasteiger partial charge in [-0.15, -0.1) is 0 Å². The molecule has 0 saturated heterocycles. The molecule has 2 aromatic carbocycles. The Labute approximate surface area is 107 Å². The highest BCUT2D eigenvalue weighted by molar-refractivity contribution is 5.91. The average molecular weight is 240 g/mol. The van der Waals surface area contributed by atoms with Gasteiger partial charge in [-0.05, 0) is 56.2 Å². The smallest absolute Gasteiger partial charge is 0.343 e. The first-order chi connectivity index (χ1) is 8.54. The minimum absolute atomic E-state index is 0.316. The Hall–Kier alpha value is -2.09. The van der Waals surface area contributed by atoms with Crippen molar-refractivity contribution in [3.63, 3.8) is 0 Å². The highest BCUT2D eigenvalue weighted by atomic mass is 16.5. The van der Waals surface area contributed by atoms with Crippen molar-refractivity contribution >= 4 is 5.97 Å². The van der Waals surface area contributed by atoms with Gasteiger partial charge in [0.25, 0.3) is 0 Å². The van der Waals surface area contributed by atoms with Gasteiger partial charge in [0.15, 0.2) is 0 Å². The van der Waals surface area contributed by atoms with Gasteiger partial charge in [0.1, 0.15) is 5.75 Å². The van der Waals surface area contributed by atoms with Gasteiger partial charge < -0.3 is 4.74 Å². The molecule has 0 aromatic heterocycles. The molecule has 0 heterocycles. The normalized spacial score (nSPS) is 10.2. The van der Waals surface area contributed by atoms with Crippen LogP contribution < -0.4 is 4.74 Å². The van der Waals surface area contributed by atoms with Crippen molar-refractivity contribution in [2.75, 3.05) is 0 Å². The van der Waals surface area contributed by atoms with Crippen LogP contribution in [-0.4, -0.2) is 5.97 Å². The Balaban J connectivity index is 2.21. The zero-order valence-electron chi connectivity index (χ0n) is 10.9. The summed E-state index contributed by atoms with van der Waals surface area (Å²) in [5, 5.41) is 0. The second-order valence-electron chi connectivity index (χ2n) is 4.58. The van der Waals surface area contributed by atoms with Crippen LogP contribution in [-0.2, 0) is 0 Å². The Morgan fingerprint density at radius 3 is 2.17 bits per heavy atom. The Kier molecular flexibility index (Phi) is 3.47. The third-order valence-corrected chi connectivity index (χ3v) is 2.66. The lowest BCUT2D eigenvalue weighted by atomic mass is 10.1. The first kappa shape index (κ1) is 12.4. The number of carbonyl (C=O) groups excluding carboxylic acids is 1. The summed E-state index contributed by atoms with van der Waals surface area (Å²) in [6.45, 7) is 5.92. The van der Waals surface area contributed by atoms with Crippen molar-refractivity contribution in [2.45, 2.75) is 20.8 Å². The van der Waals surface area contributed by atoms with Gasteiger partial charge in [0, 0.05) is 0 Å². The summed E-state index contributed by atoms with van der Waals surface area (Å²) in [4.78, 5) is 12.0. The molecular formula is C16H16O2. The fraction of sp³-hybridized carbons (Fsp3) is 0.188. The lowest BCUT2D eigenvalue weighted by molar-refractivity contribution is 0.0734. The van der Waals surface area contributed by atoms with Gasteiger partial charge in [-0.1, -0.05) is 23.8 Å². The molecule has 0 aliphatic rings. The largest absolute Gasteiger partial charge is 0.423 e. The van der Waals surface area contributed by atoms with Crippen LogP contribution in [0, 0.1) is 20.8 Å². The van der Waals surface area contributed by atoms with E-state index < -0.39 is 0 Å². The molecule has 92 valence electrons. The Morgan fingerprint density at radius 2 is 1.56 bits per heavy atom. The molecule has 0 unspecified atom stereocenters. The Bertz CT molecular complexity index is 565. The van der Waals surface area contributed by atoms with E-state index in [4.69, 9.17) is 4.74 Å². The van der Waals surface area contributed by atoms with Crippen molar-refractivity contribution in [2.24, 2.45) is 0 Å². The molecule has 0 amide bonds. The van der Waals surface area contributed by atoms with Gasteiger partial charge in [-0.2, -0.15) is 0 Å². The van der Waals surface area contributed by atoms with Crippen molar-refractivity contribution in [1.82, 2.24) is 0 Å². The van der Waals surface area contributed by atoms with E-state index >= 15 is 0 Å². The van der Waals surface area contributed by atoms with Crippen LogP contribution >= 0.6 is 0 Å². The van der Waals surface area contributed by atoms with Crippen LogP contribution in [0.4, 0.5) is 0 Å². The maximum Gasteiger partial charge on any atom is 0.343 e. The number of hydrogen-bond acceptors (Lipinski definition) is 2. The van der Waals surface area contributed by atoms with E-state index in [1.807, 2.05) is 57.2 Å². The second kappa shape index (κ2) is 5.05. The summed E-state index contributed by atoms with van der Waals surface area (Å²) in [6, 6.07) is 13.2. The molecule has 0 fully saturated rings. The molecule has 0 N–H and O–H groups in total. The molecule has 0 radical (unpaired) electrons. The zero-order chi connectivity index (χ0) is 13.1. The van der Waals surface area contributed by atoms with Crippen LogP contribution in [0.1, 0.15) is 27.0 Å². The number of esters is 1. The zero-order valence-corrected chi connectivity index (χ0v) is 10.9. The van der Waals surface area contributed by atoms with Crippen molar-refractivity contribution in [3.05, 3.63) is 64.7 Å². The molecular weight excluding hydrogens is 224 g/mol. The summed E-state index contributed by atoms with van der Waals surface area (Å²) in [5.41, 5.74) is 3.79. The van der Waals surface area contributed by atoms with E-state index in [1.54, 1.807) is 6.07 Å². The molecule has 2 rings (SSSR count). The predicted molar refractivity (Wildman–Crippen MR) is 72.1 cm³/mol. The molecule has 18 heavy (non-hydrogen) atoms. The van der Waals surface area contributed by atoms with Gasteiger partial charge in [0.05, 0.1) is 5.56 Å². The van der Waals surface area contributed by atoms with Crippen molar-refractivity contribution in [3.8, 4) is 5.75 Å². The topological polar surface area (TPSA) is 26.3 Å². The summed E-state index contributed by atoms with van der Waals surface area (Å²) in [5.74, 6) is 0.280. The second-order valence-corrected chi connectivity index (χ2v) is 4.58. The number of ether oxygens (including phenoxy) is 1. The van der Waals surface area contributed by atoms with Crippen LogP contribution in [0.2, 0.25) is 0 Å². The monoisotopic (exact) mass is 240 g/mol. The molecule has 2 aromatic rings. The molecule has 0 aliphatic heterocycles. The molecule has 0 bridgehead atoms. The van der Waals surface area contributed by atoms with Crippen LogP contribution in [0.5, 0.6) is 5.75 Å². The lowest BCUT2D eigenvalue weighted by Gasteiger charge is -2.07. The van der Waals surface area contributed by atoms with E-state index in [0.717, 1.165) is 16.7 Å². The lowest BCUT2D eigenvalue weighted by Crippen LogP contribution is -2.08. The maximum absolute atomic E-state index is 12.0. The van der Waals surface area contributed by atoms with Crippen molar-refractivity contribution in [1.29, 1.82) is 0 Å². The highest BCUT2D eigenvalue weighted by Crippen LogP contribution is 2.18. The minimum atomic E-state index is -0.316. The highest BCUT2D eigenvalue weighted by Gasteiger charge is 2.08. The van der Waals surface area contributed by atoms with E-state index in [0.29, 0.717) is 11.3 Å². The van der Waals surface area contributed by atoms with Gasteiger partial charge >= 0.3 is 5.97 Å². The first-order valence-corrected chi connectivity index (χ1v) is 5.92. The fourth-order valence-corrected chi connectivity index (χ4v) is 1.93. The third-order valence-electron chi connectivity index (χ3n) is 2.66. The molecule has 0 saturated carbocycles. The molecule has 0 atom stereocenters. The van der Waals surface area contributed by atoms with Crippen LogP contribution in [0.3, 0.4) is 0 Å². The number of carbonyl (C=O) groups is 1. The summed E-state index contributed by atoms with van der Waals surface area (Å²) < 4.78 is 5.38. The van der Waals surface area contributed by atoms with Gasteiger partial charge in [-0.25, -0.2) is 4.79 Å². The quantitative estimate of drug-likeness (QED) is 0.589. The number of rotatable bonds is 2. The molecule has 0 spiro atoms. The predicted octanol–water partition coefficient (Wildman–Crippen LogP) is 3.83. The summed E-state index contributed by atoms with van der Waals surface area (Å²) >= 11 is 0.